The van der Waals surface area contributed by atoms with Gasteiger partial charge in [0.15, 0.2) is 0 Å². The molecule has 2 aromatic rings. The third kappa shape index (κ3) is 8.71. The van der Waals surface area contributed by atoms with Gasteiger partial charge in [0.2, 0.25) is 15.9 Å². The first-order valence-corrected chi connectivity index (χ1v) is 12.7. The minimum Gasteiger partial charge on any atom is -0.444 e. The van der Waals surface area contributed by atoms with Crippen LogP contribution in [0.1, 0.15) is 27.2 Å². The molecule has 180 valence electrons. The average Bonchev–Trinajstić information content (AvgIpc) is 2.66. The van der Waals surface area contributed by atoms with Crippen LogP contribution in [0, 0.1) is 0 Å². The fraction of sp³-hybridized carbons (Fsp3) is 0.300. The second-order valence-electron chi connectivity index (χ2n) is 7.93. The first-order chi connectivity index (χ1) is 15.2. The van der Waals surface area contributed by atoms with Gasteiger partial charge in [0.05, 0.1) is 9.79 Å². The molecule has 0 aliphatic rings. The van der Waals surface area contributed by atoms with Crippen LogP contribution in [0.5, 0.6) is 0 Å². The molecule has 2 aromatic carbocycles. The van der Waals surface area contributed by atoms with Crippen molar-refractivity contribution in [1.29, 1.82) is 0 Å². The maximum Gasteiger partial charge on any atom is 0.407 e. The van der Waals surface area contributed by atoms with E-state index in [1.54, 1.807) is 20.8 Å². The number of carbonyl (C=O) groups excluding carboxylic acids is 2. The summed E-state index contributed by atoms with van der Waals surface area (Å²) in [6.45, 7) is 5.25. The Morgan fingerprint density at radius 2 is 1.39 bits per heavy atom. The van der Waals surface area contributed by atoms with Gasteiger partial charge >= 0.3 is 6.09 Å². The zero-order valence-electron chi connectivity index (χ0n) is 18.3. The van der Waals surface area contributed by atoms with Gasteiger partial charge < -0.3 is 15.4 Å². The Morgan fingerprint density at radius 1 is 0.879 bits per heavy atom. The van der Waals surface area contributed by atoms with Crippen molar-refractivity contribution in [3.05, 3.63) is 48.5 Å². The zero-order chi connectivity index (χ0) is 24.9. The average molecular weight is 499 g/mol. The van der Waals surface area contributed by atoms with Gasteiger partial charge in [-0.05, 0) is 69.3 Å². The zero-order valence-corrected chi connectivity index (χ0v) is 19.9. The van der Waals surface area contributed by atoms with Crippen LogP contribution in [0.2, 0.25) is 0 Å². The highest BCUT2D eigenvalue weighted by atomic mass is 32.2. The Bertz CT molecular complexity index is 1200. The number of ether oxygens (including phenoxy) is 1. The second-order valence-corrected chi connectivity index (χ2v) is 11.2. The van der Waals surface area contributed by atoms with Crippen LogP contribution >= 0.6 is 0 Å². The summed E-state index contributed by atoms with van der Waals surface area (Å²) in [4.78, 5) is 23.4. The van der Waals surface area contributed by atoms with E-state index in [2.05, 4.69) is 15.4 Å². The molecule has 0 aromatic heterocycles. The maximum atomic E-state index is 12.5. The first kappa shape index (κ1) is 26.1. The normalized spacial score (nSPS) is 12.0. The minimum absolute atomic E-state index is 0.00460. The Balaban J connectivity index is 1.91. The van der Waals surface area contributed by atoms with Crippen molar-refractivity contribution in [2.24, 2.45) is 5.14 Å². The molecule has 0 spiro atoms. The Morgan fingerprint density at radius 3 is 1.91 bits per heavy atom. The van der Waals surface area contributed by atoms with Crippen LogP contribution in [0.3, 0.4) is 0 Å². The molecule has 2 rings (SSSR count). The molecule has 0 atom stereocenters. The van der Waals surface area contributed by atoms with E-state index in [0.717, 1.165) is 0 Å². The van der Waals surface area contributed by atoms with Crippen molar-refractivity contribution in [2.45, 2.75) is 42.6 Å². The van der Waals surface area contributed by atoms with E-state index < -0.39 is 31.7 Å². The molecule has 33 heavy (non-hydrogen) atoms. The highest BCUT2D eigenvalue weighted by molar-refractivity contribution is 7.92. The molecular weight excluding hydrogens is 472 g/mol. The third-order valence-electron chi connectivity index (χ3n) is 3.90. The molecule has 0 bridgehead atoms. The summed E-state index contributed by atoms with van der Waals surface area (Å²) >= 11 is 0. The largest absolute Gasteiger partial charge is 0.444 e. The number of nitrogens with one attached hydrogen (secondary N) is 3. The number of alkyl carbamates (subject to hydrolysis) is 1. The second kappa shape index (κ2) is 10.2. The monoisotopic (exact) mass is 498 g/mol. The SMILES string of the molecule is CC(C)(C)OC(=O)NCCC(=O)Nc1ccc(S(=O)(=O)Nc2ccc(S(N)(=O)=O)cc2)cc1. The number of carbonyl (C=O) groups is 2. The first-order valence-electron chi connectivity index (χ1n) is 9.68. The van der Waals surface area contributed by atoms with E-state index in [1.165, 1.54) is 48.5 Å². The van der Waals surface area contributed by atoms with Crippen LogP contribution in [-0.2, 0) is 29.6 Å². The summed E-state index contributed by atoms with van der Waals surface area (Å²) in [5.41, 5.74) is -0.122. The standard InChI is InChI=1S/C20H26N4O7S2/c1-20(2,3)31-19(26)22-13-12-18(25)23-14-4-10-17(11-5-14)33(29,30)24-15-6-8-16(9-7-15)32(21,27)28/h4-11,24H,12-13H2,1-3H3,(H,22,26)(H,23,25)(H2,21,27,28). The molecule has 0 radical (unpaired) electrons. The highest BCUT2D eigenvalue weighted by Gasteiger charge is 2.17. The predicted molar refractivity (Wildman–Crippen MR) is 123 cm³/mol. The van der Waals surface area contributed by atoms with Crippen LogP contribution in [0.25, 0.3) is 0 Å². The molecule has 0 saturated heterocycles. The van der Waals surface area contributed by atoms with Crippen molar-refractivity contribution < 1.29 is 31.2 Å². The van der Waals surface area contributed by atoms with Crippen LogP contribution in [0.15, 0.2) is 58.3 Å². The molecule has 0 heterocycles. The maximum absolute atomic E-state index is 12.5. The number of amides is 2. The molecule has 0 fully saturated rings. The summed E-state index contributed by atoms with van der Waals surface area (Å²) in [6.07, 6.45) is -0.633. The van der Waals surface area contributed by atoms with E-state index in [0.29, 0.717) is 5.69 Å². The Hall–Kier alpha value is -3.16. The summed E-state index contributed by atoms with van der Waals surface area (Å²) in [5.74, 6) is -0.380. The van der Waals surface area contributed by atoms with Crippen LogP contribution in [-0.4, -0.2) is 41.0 Å². The van der Waals surface area contributed by atoms with Gasteiger partial charge in [-0.3, -0.25) is 9.52 Å². The molecular formula is C20H26N4O7S2. The third-order valence-corrected chi connectivity index (χ3v) is 6.23. The number of rotatable bonds is 8. The predicted octanol–water partition coefficient (Wildman–Crippen LogP) is 1.99. The van der Waals surface area contributed by atoms with Crippen molar-refractivity contribution >= 4 is 43.4 Å². The van der Waals surface area contributed by atoms with Gasteiger partial charge in [-0.15, -0.1) is 0 Å². The van der Waals surface area contributed by atoms with E-state index >= 15 is 0 Å². The lowest BCUT2D eigenvalue weighted by Gasteiger charge is -2.19. The number of primary sulfonamides is 1. The molecule has 5 N–H and O–H groups in total. The van der Waals surface area contributed by atoms with Crippen molar-refractivity contribution in [2.75, 3.05) is 16.6 Å². The van der Waals surface area contributed by atoms with E-state index in [4.69, 9.17) is 9.88 Å². The summed E-state index contributed by atoms with van der Waals surface area (Å²) in [6, 6.07) is 10.3. The molecule has 2 amide bonds. The topological polar surface area (TPSA) is 174 Å². The van der Waals surface area contributed by atoms with E-state index in [1.807, 2.05) is 0 Å². The van der Waals surface area contributed by atoms with Crippen molar-refractivity contribution in [3.8, 4) is 0 Å². The van der Waals surface area contributed by atoms with Crippen LogP contribution in [0.4, 0.5) is 16.2 Å². The van der Waals surface area contributed by atoms with Gasteiger partial charge in [-0.2, -0.15) is 0 Å². The van der Waals surface area contributed by atoms with Crippen LogP contribution < -0.4 is 20.5 Å². The molecule has 0 aliphatic carbocycles. The summed E-state index contributed by atoms with van der Waals surface area (Å²) in [7, 11) is -7.84. The van der Waals surface area contributed by atoms with Gasteiger partial charge in [-0.25, -0.2) is 26.8 Å². The lowest BCUT2D eigenvalue weighted by Crippen LogP contribution is -2.34. The lowest BCUT2D eigenvalue weighted by molar-refractivity contribution is -0.116. The fourth-order valence-corrected chi connectivity index (χ4v) is 4.03. The quantitative estimate of drug-likeness (QED) is 0.430. The number of anilines is 2. The van der Waals surface area contributed by atoms with Gasteiger partial charge in [0, 0.05) is 24.3 Å². The molecule has 11 nitrogen and oxygen atoms in total. The minimum atomic E-state index is -3.95. The lowest BCUT2D eigenvalue weighted by atomic mass is 10.2. The van der Waals surface area contributed by atoms with E-state index in [9.17, 15) is 26.4 Å². The van der Waals surface area contributed by atoms with Crippen molar-refractivity contribution in [1.82, 2.24) is 5.32 Å². The summed E-state index contributed by atoms with van der Waals surface area (Å²) in [5, 5.41) is 10.1. The Labute approximate surface area is 192 Å². The Kier molecular flexibility index (Phi) is 8.06. The van der Waals surface area contributed by atoms with Crippen molar-refractivity contribution in [3.63, 3.8) is 0 Å². The number of nitrogens with two attached hydrogens (primary N) is 1. The highest BCUT2D eigenvalue weighted by Crippen LogP contribution is 2.19. The van der Waals surface area contributed by atoms with Gasteiger partial charge in [0.25, 0.3) is 10.0 Å². The molecule has 0 aliphatic heterocycles. The smallest absolute Gasteiger partial charge is 0.407 e. The molecule has 13 heteroatoms. The fourth-order valence-electron chi connectivity index (χ4n) is 2.46. The van der Waals surface area contributed by atoms with Gasteiger partial charge in [0.1, 0.15) is 5.60 Å². The molecule has 0 saturated carbocycles. The number of sulfonamides is 2. The molecule has 0 unspecified atom stereocenters. The number of hydrogen-bond donors (Lipinski definition) is 4. The number of benzene rings is 2. The van der Waals surface area contributed by atoms with E-state index in [-0.39, 0.29) is 34.4 Å². The number of hydrogen-bond acceptors (Lipinski definition) is 7. The van der Waals surface area contributed by atoms with Gasteiger partial charge in [-0.1, -0.05) is 0 Å². The summed E-state index contributed by atoms with van der Waals surface area (Å²) < 4.78 is 55.0.